The first kappa shape index (κ1) is 25.1. The molecule has 0 fully saturated rings. The number of carbonyl (C=O) groups is 1. The average Bonchev–Trinajstić information content (AvgIpc) is 2.66. The van der Waals surface area contributed by atoms with Gasteiger partial charge in [0.05, 0.1) is 29.5 Å². The zero-order chi connectivity index (χ0) is 21.6. The smallest absolute Gasteiger partial charge is 0.296 e. The molecular weight excluding hydrogens is 436 g/mol. The lowest BCUT2D eigenvalue weighted by atomic mass is 10.2. The van der Waals surface area contributed by atoms with Gasteiger partial charge in [0.25, 0.3) is 5.69 Å². The molecule has 0 unspecified atom stereocenters. The first-order valence-electron chi connectivity index (χ1n) is 8.69. The van der Waals surface area contributed by atoms with Gasteiger partial charge >= 0.3 is 0 Å². The summed E-state index contributed by atoms with van der Waals surface area (Å²) in [6.07, 6.45) is 1.45. The zero-order valence-electron chi connectivity index (χ0n) is 16.4. The minimum absolute atomic E-state index is 0. The molecule has 30 heavy (non-hydrogen) atoms. The van der Waals surface area contributed by atoms with Crippen LogP contribution in [0.3, 0.4) is 0 Å². The summed E-state index contributed by atoms with van der Waals surface area (Å²) in [6, 6.07) is 10.7. The first-order valence-corrected chi connectivity index (χ1v) is 10.6. The number of benzene rings is 2. The van der Waals surface area contributed by atoms with E-state index >= 15 is 0 Å². The molecule has 0 atom stereocenters. The molecule has 164 valence electrons. The van der Waals surface area contributed by atoms with Gasteiger partial charge in [0, 0.05) is 6.54 Å². The maximum Gasteiger partial charge on any atom is 0.296 e. The number of sulfonamides is 1. The highest BCUT2D eigenvalue weighted by molar-refractivity contribution is 7.92. The van der Waals surface area contributed by atoms with Crippen LogP contribution in [-0.4, -0.2) is 38.6 Å². The van der Waals surface area contributed by atoms with Crippen molar-refractivity contribution in [3.05, 3.63) is 52.6 Å². The summed E-state index contributed by atoms with van der Waals surface area (Å²) in [6.45, 7) is 1.62. The Hall–Kier alpha value is -2.89. The number of nitrogens with two attached hydrogens (primary N) is 1. The largest absolute Gasteiger partial charge is 0.455 e. The van der Waals surface area contributed by atoms with Gasteiger partial charge in [-0.1, -0.05) is 25.1 Å². The summed E-state index contributed by atoms with van der Waals surface area (Å²) in [4.78, 5) is 24.4. The topological polar surface area (TPSA) is 145 Å². The number of nitrogens with zero attached hydrogens (tertiary/aromatic N) is 2. The normalized spacial score (nSPS) is 10.6. The summed E-state index contributed by atoms with van der Waals surface area (Å²) >= 11 is 0. The van der Waals surface area contributed by atoms with Crippen molar-refractivity contribution >= 4 is 45.4 Å². The SMILES string of the molecule is CCCN(C(=O)CN)c1cc(NS(C)(=O)=O)c(Oc2ccccc2)cc1[N+](=O)[O-].Cl. The number of ether oxygens (including phenoxy) is 1. The molecule has 0 heterocycles. The van der Waals surface area contributed by atoms with Crippen molar-refractivity contribution in [2.75, 3.05) is 29.0 Å². The Bertz CT molecular complexity index is 1000. The van der Waals surface area contributed by atoms with Gasteiger partial charge < -0.3 is 15.4 Å². The van der Waals surface area contributed by atoms with Crippen LogP contribution in [0.2, 0.25) is 0 Å². The molecule has 0 saturated carbocycles. The predicted molar refractivity (Wildman–Crippen MR) is 117 cm³/mol. The van der Waals surface area contributed by atoms with Crippen LogP contribution < -0.4 is 20.1 Å². The summed E-state index contributed by atoms with van der Waals surface area (Å²) in [5.74, 6) is -0.250. The first-order chi connectivity index (χ1) is 13.7. The van der Waals surface area contributed by atoms with E-state index in [-0.39, 0.29) is 42.6 Å². The number of para-hydroxylation sites is 1. The highest BCUT2D eigenvalue weighted by atomic mass is 35.5. The monoisotopic (exact) mass is 458 g/mol. The van der Waals surface area contributed by atoms with E-state index in [1.165, 1.54) is 6.07 Å². The molecule has 0 spiro atoms. The molecule has 0 radical (unpaired) electrons. The summed E-state index contributed by atoms with van der Waals surface area (Å²) in [7, 11) is -3.73. The van der Waals surface area contributed by atoms with Crippen LogP contribution in [-0.2, 0) is 14.8 Å². The Morgan fingerprint density at radius 1 is 1.27 bits per heavy atom. The molecule has 0 aliphatic carbocycles. The average molecular weight is 459 g/mol. The number of rotatable bonds is 9. The molecule has 0 aliphatic rings. The lowest BCUT2D eigenvalue weighted by Crippen LogP contribution is -2.37. The molecule has 0 saturated heterocycles. The summed E-state index contributed by atoms with van der Waals surface area (Å²) < 4.78 is 31.6. The summed E-state index contributed by atoms with van der Waals surface area (Å²) in [5, 5.41) is 11.7. The van der Waals surface area contributed by atoms with Crippen LogP contribution in [0.1, 0.15) is 13.3 Å². The van der Waals surface area contributed by atoms with Gasteiger partial charge in [0.2, 0.25) is 15.9 Å². The van der Waals surface area contributed by atoms with Crippen LogP contribution in [0.15, 0.2) is 42.5 Å². The third-order valence-electron chi connectivity index (χ3n) is 3.75. The van der Waals surface area contributed by atoms with Gasteiger partial charge in [-0.15, -0.1) is 12.4 Å². The zero-order valence-corrected chi connectivity index (χ0v) is 18.0. The number of hydrogen-bond acceptors (Lipinski definition) is 7. The number of nitrogens with one attached hydrogen (secondary N) is 1. The number of nitro benzene ring substituents is 1. The molecule has 10 nitrogen and oxygen atoms in total. The Labute approximate surface area is 180 Å². The van der Waals surface area contributed by atoms with Gasteiger partial charge in [-0.05, 0) is 24.6 Å². The van der Waals surface area contributed by atoms with Crippen molar-refractivity contribution in [2.24, 2.45) is 5.73 Å². The molecular formula is C18H23ClN4O6S. The van der Waals surface area contributed by atoms with Crippen molar-refractivity contribution in [3.63, 3.8) is 0 Å². The molecule has 12 heteroatoms. The lowest BCUT2D eigenvalue weighted by molar-refractivity contribution is -0.384. The Morgan fingerprint density at radius 2 is 1.90 bits per heavy atom. The van der Waals surface area contributed by atoms with Crippen molar-refractivity contribution in [3.8, 4) is 11.5 Å². The quantitative estimate of drug-likeness (QED) is 0.434. The summed E-state index contributed by atoms with van der Waals surface area (Å²) in [5.41, 5.74) is 4.92. The number of amides is 1. The second kappa shape index (κ2) is 10.8. The predicted octanol–water partition coefficient (Wildman–Crippen LogP) is 2.88. The maximum absolute atomic E-state index is 12.3. The highest BCUT2D eigenvalue weighted by Crippen LogP contribution is 2.40. The molecule has 0 bridgehead atoms. The number of halogens is 1. The van der Waals surface area contributed by atoms with Crippen molar-refractivity contribution in [1.29, 1.82) is 0 Å². The Morgan fingerprint density at radius 3 is 2.40 bits per heavy atom. The second-order valence-electron chi connectivity index (χ2n) is 6.13. The molecule has 2 aromatic carbocycles. The van der Waals surface area contributed by atoms with Gasteiger partial charge in [-0.3, -0.25) is 19.6 Å². The van der Waals surface area contributed by atoms with Crippen LogP contribution in [0.4, 0.5) is 17.1 Å². The van der Waals surface area contributed by atoms with Crippen molar-refractivity contribution < 1.29 is 22.9 Å². The van der Waals surface area contributed by atoms with Crippen LogP contribution in [0, 0.1) is 10.1 Å². The minimum Gasteiger partial charge on any atom is -0.455 e. The Balaban J connectivity index is 0.00000450. The maximum atomic E-state index is 12.3. The molecule has 2 rings (SSSR count). The highest BCUT2D eigenvalue weighted by Gasteiger charge is 2.27. The third kappa shape index (κ3) is 6.58. The number of hydrogen-bond donors (Lipinski definition) is 2. The number of carbonyl (C=O) groups excluding carboxylic acids is 1. The molecule has 3 N–H and O–H groups in total. The standard InChI is InChI=1S/C18H22N4O6S.ClH/c1-3-9-21(18(23)12-19)15-10-14(20-29(2,26)27)17(11-16(15)22(24)25)28-13-7-5-4-6-8-13;/h4-8,10-11,20H,3,9,12,19H2,1-2H3;1H. The van der Waals surface area contributed by atoms with Gasteiger partial charge in [0.1, 0.15) is 11.4 Å². The van der Waals surface area contributed by atoms with Crippen molar-refractivity contribution in [1.82, 2.24) is 0 Å². The fourth-order valence-corrected chi connectivity index (χ4v) is 3.17. The van der Waals surface area contributed by atoms with E-state index in [2.05, 4.69) is 4.72 Å². The van der Waals surface area contributed by atoms with E-state index in [0.29, 0.717) is 12.2 Å². The van der Waals surface area contributed by atoms with E-state index in [1.54, 1.807) is 37.3 Å². The van der Waals surface area contributed by atoms with Gasteiger partial charge in [-0.2, -0.15) is 0 Å². The van der Waals surface area contributed by atoms with E-state index in [4.69, 9.17) is 10.5 Å². The second-order valence-corrected chi connectivity index (χ2v) is 7.88. The molecule has 2 aromatic rings. The number of nitro groups is 1. The van der Waals surface area contributed by atoms with Gasteiger partial charge in [0.15, 0.2) is 5.75 Å². The van der Waals surface area contributed by atoms with Crippen molar-refractivity contribution in [2.45, 2.75) is 13.3 Å². The van der Waals surface area contributed by atoms with Crippen LogP contribution >= 0.6 is 12.4 Å². The fraction of sp³-hybridized carbons (Fsp3) is 0.278. The van der Waals surface area contributed by atoms with E-state index < -0.39 is 26.5 Å². The van der Waals surface area contributed by atoms with Crippen LogP contribution in [0.5, 0.6) is 11.5 Å². The minimum atomic E-state index is -3.73. The van der Waals surface area contributed by atoms with Crippen LogP contribution in [0.25, 0.3) is 0 Å². The molecule has 0 aliphatic heterocycles. The van der Waals surface area contributed by atoms with Gasteiger partial charge in [-0.25, -0.2) is 8.42 Å². The molecule has 0 aromatic heterocycles. The molecule has 1 amide bonds. The fourth-order valence-electron chi connectivity index (χ4n) is 2.61. The lowest BCUT2D eigenvalue weighted by Gasteiger charge is -2.23. The Kier molecular flexibility index (Phi) is 9.02. The third-order valence-corrected chi connectivity index (χ3v) is 4.34. The van der Waals surface area contributed by atoms with E-state index in [9.17, 15) is 23.3 Å². The number of anilines is 2. The van der Waals surface area contributed by atoms with E-state index in [0.717, 1.165) is 17.2 Å². The van der Waals surface area contributed by atoms with E-state index in [1.807, 2.05) is 0 Å².